The summed E-state index contributed by atoms with van der Waals surface area (Å²) in [6.07, 6.45) is 7.62. The Morgan fingerprint density at radius 1 is 1.29 bits per heavy atom. The highest BCUT2D eigenvalue weighted by Gasteiger charge is 2.44. The molecule has 3 rings (SSSR count). The van der Waals surface area contributed by atoms with Gasteiger partial charge in [-0.05, 0) is 24.3 Å². The first-order valence-corrected chi connectivity index (χ1v) is 7.26. The van der Waals surface area contributed by atoms with Crippen LogP contribution >= 0.6 is 11.8 Å². The largest absolute Gasteiger partial charge is 0.372 e. The van der Waals surface area contributed by atoms with E-state index < -0.39 is 0 Å². The fourth-order valence-corrected chi connectivity index (χ4v) is 3.94. The Morgan fingerprint density at radius 3 is 2.82 bits per heavy atom. The van der Waals surface area contributed by atoms with Crippen molar-refractivity contribution in [1.82, 2.24) is 15.3 Å². The van der Waals surface area contributed by atoms with Gasteiger partial charge in [0.1, 0.15) is 6.33 Å². The molecule has 2 saturated heterocycles. The van der Waals surface area contributed by atoms with Gasteiger partial charge in [0.25, 0.3) is 0 Å². The highest BCUT2D eigenvalue weighted by molar-refractivity contribution is 7.99. The zero-order valence-corrected chi connectivity index (χ0v) is 10.6. The Labute approximate surface area is 106 Å². The molecule has 0 radical (unpaired) electrons. The summed E-state index contributed by atoms with van der Waals surface area (Å²) in [6, 6.07) is 0.248. The molecule has 0 aliphatic carbocycles. The summed E-state index contributed by atoms with van der Waals surface area (Å²) in [7, 11) is 0. The van der Waals surface area contributed by atoms with Gasteiger partial charge in [-0.3, -0.25) is 0 Å². The molecule has 1 atom stereocenters. The SMILES string of the molecule is c1ncc(C2NCCOC23CCSCC3)cn1. The van der Waals surface area contributed by atoms with E-state index in [1.165, 1.54) is 11.5 Å². The first-order chi connectivity index (χ1) is 8.41. The minimum atomic E-state index is -0.0335. The molecule has 0 bridgehead atoms. The van der Waals surface area contributed by atoms with Gasteiger partial charge in [0.15, 0.2) is 0 Å². The maximum Gasteiger partial charge on any atom is 0.115 e. The summed E-state index contributed by atoms with van der Waals surface area (Å²) in [5.41, 5.74) is 1.12. The van der Waals surface area contributed by atoms with Gasteiger partial charge in [0.05, 0.1) is 18.2 Å². The van der Waals surface area contributed by atoms with Crippen LogP contribution in [0.3, 0.4) is 0 Å². The molecule has 92 valence electrons. The van der Waals surface area contributed by atoms with Crippen molar-refractivity contribution in [2.75, 3.05) is 24.7 Å². The third-order valence-electron chi connectivity index (χ3n) is 3.62. The van der Waals surface area contributed by atoms with E-state index >= 15 is 0 Å². The van der Waals surface area contributed by atoms with Crippen molar-refractivity contribution in [2.45, 2.75) is 24.5 Å². The number of thioether (sulfide) groups is 1. The Balaban J connectivity index is 1.89. The van der Waals surface area contributed by atoms with E-state index in [1.807, 2.05) is 24.2 Å². The molecular formula is C12H17N3OS. The van der Waals surface area contributed by atoms with Gasteiger partial charge >= 0.3 is 0 Å². The standard InChI is InChI=1S/C12H17N3OS/c1-5-17-6-2-12(1)11(15-3-4-16-12)10-7-13-9-14-8-10/h7-9,11,15H,1-6H2. The van der Waals surface area contributed by atoms with Crippen molar-refractivity contribution in [3.05, 3.63) is 24.3 Å². The lowest BCUT2D eigenvalue weighted by atomic mass is 9.83. The van der Waals surface area contributed by atoms with E-state index in [0.717, 1.165) is 31.6 Å². The second-order valence-corrected chi connectivity index (χ2v) is 5.81. The lowest BCUT2D eigenvalue weighted by Crippen LogP contribution is -2.54. The predicted molar refractivity (Wildman–Crippen MR) is 68.0 cm³/mol. The van der Waals surface area contributed by atoms with Crippen molar-refractivity contribution in [3.63, 3.8) is 0 Å². The van der Waals surface area contributed by atoms with E-state index in [-0.39, 0.29) is 11.6 Å². The van der Waals surface area contributed by atoms with E-state index in [4.69, 9.17) is 4.74 Å². The number of aromatic nitrogens is 2. The van der Waals surface area contributed by atoms with E-state index in [0.29, 0.717) is 0 Å². The lowest BCUT2D eigenvalue weighted by molar-refractivity contribution is -0.103. The highest BCUT2D eigenvalue weighted by atomic mass is 32.2. The number of ether oxygens (including phenoxy) is 1. The third-order valence-corrected chi connectivity index (χ3v) is 4.60. The summed E-state index contributed by atoms with van der Waals surface area (Å²) in [6.45, 7) is 1.73. The average molecular weight is 251 g/mol. The van der Waals surface area contributed by atoms with Crippen molar-refractivity contribution in [3.8, 4) is 0 Å². The van der Waals surface area contributed by atoms with Crippen molar-refractivity contribution >= 4 is 11.8 Å². The van der Waals surface area contributed by atoms with Gasteiger partial charge in [0.2, 0.25) is 0 Å². The van der Waals surface area contributed by atoms with E-state index in [1.54, 1.807) is 6.33 Å². The zero-order valence-electron chi connectivity index (χ0n) is 9.76. The van der Waals surface area contributed by atoms with Crippen LogP contribution in [0.2, 0.25) is 0 Å². The molecule has 0 amide bonds. The van der Waals surface area contributed by atoms with E-state index in [2.05, 4.69) is 15.3 Å². The maximum absolute atomic E-state index is 6.14. The van der Waals surface area contributed by atoms with Gasteiger partial charge in [-0.15, -0.1) is 0 Å². The van der Waals surface area contributed by atoms with Crippen LogP contribution in [0.4, 0.5) is 0 Å². The Morgan fingerprint density at radius 2 is 2.06 bits per heavy atom. The first kappa shape index (κ1) is 11.4. The molecule has 0 saturated carbocycles. The minimum Gasteiger partial charge on any atom is -0.372 e. The molecule has 3 heterocycles. The number of hydrogen-bond donors (Lipinski definition) is 1. The topological polar surface area (TPSA) is 47.0 Å². The number of nitrogens with one attached hydrogen (secondary N) is 1. The zero-order chi connectivity index (χ0) is 11.6. The van der Waals surface area contributed by atoms with Crippen molar-refractivity contribution in [2.24, 2.45) is 0 Å². The smallest absolute Gasteiger partial charge is 0.115 e. The van der Waals surface area contributed by atoms with Crippen LogP contribution in [-0.4, -0.2) is 40.2 Å². The lowest BCUT2D eigenvalue weighted by Gasteiger charge is -2.46. The molecule has 1 spiro atoms. The van der Waals surface area contributed by atoms with Gasteiger partial charge in [-0.1, -0.05) is 0 Å². The molecule has 2 fully saturated rings. The molecule has 1 N–H and O–H groups in total. The third kappa shape index (κ3) is 2.19. The summed E-state index contributed by atoms with van der Waals surface area (Å²) in [5, 5.41) is 3.58. The summed E-state index contributed by atoms with van der Waals surface area (Å²) < 4.78 is 6.14. The fraction of sp³-hybridized carbons (Fsp3) is 0.667. The quantitative estimate of drug-likeness (QED) is 0.817. The molecule has 2 aliphatic rings. The molecular weight excluding hydrogens is 234 g/mol. The van der Waals surface area contributed by atoms with Crippen LogP contribution in [0.15, 0.2) is 18.7 Å². The maximum atomic E-state index is 6.14. The van der Waals surface area contributed by atoms with Gasteiger partial charge < -0.3 is 10.1 Å². The molecule has 2 aliphatic heterocycles. The number of hydrogen-bond acceptors (Lipinski definition) is 5. The van der Waals surface area contributed by atoms with Crippen molar-refractivity contribution < 1.29 is 4.74 Å². The van der Waals surface area contributed by atoms with Gasteiger partial charge in [-0.2, -0.15) is 11.8 Å². The normalized spacial score (nSPS) is 28.1. The van der Waals surface area contributed by atoms with Gasteiger partial charge in [0, 0.05) is 24.5 Å². The molecule has 1 aromatic rings. The van der Waals surface area contributed by atoms with Crippen LogP contribution < -0.4 is 5.32 Å². The molecule has 17 heavy (non-hydrogen) atoms. The number of nitrogens with zero attached hydrogens (tertiary/aromatic N) is 2. The van der Waals surface area contributed by atoms with Crippen LogP contribution in [0.25, 0.3) is 0 Å². The Bertz CT molecular complexity index is 359. The average Bonchev–Trinajstić information content (AvgIpc) is 2.41. The highest BCUT2D eigenvalue weighted by Crippen LogP contribution is 2.41. The number of rotatable bonds is 1. The fourth-order valence-electron chi connectivity index (χ4n) is 2.76. The molecule has 1 aromatic heterocycles. The van der Waals surface area contributed by atoms with Gasteiger partial charge in [-0.25, -0.2) is 9.97 Å². The second kappa shape index (κ2) is 4.92. The molecule has 4 nitrogen and oxygen atoms in total. The molecule has 1 unspecified atom stereocenters. The minimum absolute atomic E-state index is 0.0335. The summed E-state index contributed by atoms with van der Waals surface area (Å²) in [5.74, 6) is 2.37. The molecule has 5 heteroatoms. The van der Waals surface area contributed by atoms with Crippen molar-refractivity contribution in [1.29, 1.82) is 0 Å². The van der Waals surface area contributed by atoms with Crippen LogP contribution in [0.5, 0.6) is 0 Å². The van der Waals surface area contributed by atoms with Crippen LogP contribution in [-0.2, 0) is 4.74 Å². The predicted octanol–water partition coefficient (Wildman–Crippen LogP) is 1.40. The first-order valence-electron chi connectivity index (χ1n) is 6.11. The van der Waals surface area contributed by atoms with Crippen LogP contribution in [0, 0.1) is 0 Å². The number of morpholine rings is 1. The Hall–Kier alpha value is -0.650. The van der Waals surface area contributed by atoms with Crippen LogP contribution in [0.1, 0.15) is 24.4 Å². The molecule has 0 aromatic carbocycles. The second-order valence-electron chi connectivity index (χ2n) is 4.58. The van der Waals surface area contributed by atoms with E-state index in [9.17, 15) is 0 Å². The Kier molecular flexibility index (Phi) is 3.31. The monoisotopic (exact) mass is 251 g/mol. The summed E-state index contributed by atoms with van der Waals surface area (Å²) in [4.78, 5) is 8.25. The summed E-state index contributed by atoms with van der Waals surface area (Å²) >= 11 is 2.02.